The van der Waals surface area contributed by atoms with Gasteiger partial charge in [0.25, 0.3) is 12.9 Å². The molecule has 0 aromatic carbocycles. The predicted molar refractivity (Wildman–Crippen MR) is 46.3 cm³/mol. The number of ether oxygens (including phenoxy) is 2. The maximum Gasteiger partial charge on any atom is 0.313 e. The molecule has 0 fully saturated rings. The summed E-state index contributed by atoms with van der Waals surface area (Å²) in [4.78, 5) is 41.1. The minimum atomic E-state index is -1.42. The van der Waals surface area contributed by atoms with E-state index in [-0.39, 0.29) is 12.9 Å². The van der Waals surface area contributed by atoms with Gasteiger partial charge in [-0.1, -0.05) is 0 Å². The van der Waals surface area contributed by atoms with E-state index in [1.807, 2.05) is 0 Å². The van der Waals surface area contributed by atoms with E-state index in [1.165, 1.54) is 0 Å². The molecule has 2 N–H and O–H groups in total. The molecular formula is C8H10O8. The van der Waals surface area contributed by atoms with Crippen LogP contribution in [0.3, 0.4) is 0 Å². The normalized spacial score (nSPS) is 13.2. The Bertz CT molecular complexity index is 273. The number of hydrogen-bond donors (Lipinski definition) is 2. The highest BCUT2D eigenvalue weighted by atomic mass is 16.5. The topological polar surface area (TPSA) is 127 Å². The molecule has 2 unspecified atom stereocenters. The summed E-state index contributed by atoms with van der Waals surface area (Å²) in [6.07, 6.45) is -2.06. The summed E-state index contributed by atoms with van der Waals surface area (Å²) in [6, 6.07) is 0. The Morgan fingerprint density at radius 3 is 2.19 bits per heavy atom. The van der Waals surface area contributed by atoms with Crippen LogP contribution < -0.4 is 0 Å². The van der Waals surface area contributed by atoms with Crippen LogP contribution in [0, 0.1) is 5.92 Å². The number of carboxylic acids is 2. The number of aliphatic carboxylic acids is 2. The van der Waals surface area contributed by atoms with Crippen molar-refractivity contribution in [1.29, 1.82) is 0 Å². The van der Waals surface area contributed by atoms with E-state index in [2.05, 4.69) is 9.47 Å². The van der Waals surface area contributed by atoms with Gasteiger partial charge < -0.3 is 19.7 Å². The molecule has 0 aromatic rings. The van der Waals surface area contributed by atoms with Gasteiger partial charge in [-0.2, -0.15) is 0 Å². The molecule has 0 heterocycles. The molecule has 8 nitrogen and oxygen atoms in total. The van der Waals surface area contributed by atoms with Crippen molar-refractivity contribution in [3.05, 3.63) is 0 Å². The van der Waals surface area contributed by atoms with Crippen LogP contribution in [-0.4, -0.2) is 47.8 Å². The largest absolute Gasteiger partial charge is 0.481 e. The second-order valence-corrected chi connectivity index (χ2v) is 2.74. The molecule has 90 valence electrons. The Balaban J connectivity index is 4.62. The fourth-order valence-corrected chi connectivity index (χ4v) is 1.01. The zero-order valence-corrected chi connectivity index (χ0v) is 8.07. The molecule has 0 saturated carbocycles. The fraction of sp³-hybridized carbons (Fsp3) is 0.500. The minimum Gasteiger partial charge on any atom is -0.481 e. The molecule has 0 amide bonds. The molecular weight excluding hydrogens is 224 g/mol. The van der Waals surface area contributed by atoms with E-state index in [0.29, 0.717) is 0 Å². The first kappa shape index (κ1) is 13.9. The number of carbonyl (C=O) groups excluding carboxylic acids is 2. The van der Waals surface area contributed by atoms with Gasteiger partial charge in [-0.25, -0.2) is 0 Å². The monoisotopic (exact) mass is 234 g/mol. The first-order valence-electron chi connectivity index (χ1n) is 4.11. The molecule has 0 aliphatic carbocycles. The Kier molecular flexibility index (Phi) is 6.25. The van der Waals surface area contributed by atoms with Crippen molar-refractivity contribution < 1.29 is 38.9 Å². The third-order valence-electron chi connectivity index (χ3n) is 1.72. The van der Waals surface area contributed by atoms with Crippen molar-refractivity contribution in [2.75, 3.05) is 6.61 Å². The van der Waals surface area contributed by atoms with E-state index >= 15 is 0 Å². The Labute approximate surface area is 89.8 Å². The SMILES string of the molecule is O=COCC(C(=O)O)C(CC(=O)O)OC=O. The van der Waals surface area contributed by atoms with Crippen LogP contribution in [0.5, 0.6) is 0 Å². The number of carboxylic acid groups (broad SMARTS) is 2. The predicted octanol–water partition coefficient (Wildman–Crippen LogP) is -1.12. The van der Waals surface area contributed by atoms with Crippen molar-refractivity contribution in [1.82, 2.24) is 0 Å². The molecule has 0 saturated heterocycles. The molecule has 0 aromatic heterocycles. The molecule has 16 heavy (non-hydrogen) atoms. The maximum absolute atomic E-state index is 10.7. The molecule has 0 aliphatic rings. The lowest BCUT2D eigenvalue weighted by atomic mass is 10.0. The van der Waals surface area contributed by atoms with Crippen LogP contribution in [0.1, 0.15) is 6.42 Å². The van der Waals surface area contributed by atoms with Gasteiger partial charge in [0, 0.05) is 0 Å². The number of hydrogen-bond acceptors (Lipinski definition) is 6. The average molecular weight is 234 g/mol. The molecule has 0 bridgehead atoms. The molecule has 2 atom stereocenters. The molecule has 0 radical (unpaired) electrons. The minimum absolute atomic E-state index is 0.0225. The van der Waals surface area contributed by atoms with Crippen molar-refractivity contribution in [3.63, 3.8) is 0 Å². The van der Waals surface area contributed by atoms with E-state index in [9.17, 15) is 19.2 Å². The lowest BCUT2D eigenvalue weighted by Gasteiger charge is -2.19. The second kappa shape index (κ2) is 7.21. The van der Waals surface area contributed by atoms with Crippen LogP contribution in [0.2, 0.25) is 0 Å². The van der Waals surface area contributed by atoms with Crippen LogP contribution >= 0.6 is 0 Å². The lowest BCUT2D eigenvalue weighted by molar-refractivity contribution is -0.158. The molecule has 8 heteroatoms. The number of rotatable bonds is 9. The van der Waals surface area contributed by atoms with E-state index in [4.69, 9.17) is 10.2 Å². The van der Waals surface area contributed by atoms with Crippen molar-refractivity contribution >= 4 is 24.9 Å². The standard InChI is InChI=1S/C8H10O8/c9-3-15-2-5(8(13)14)6(16-4-10)1-7(11)12/h3-6H,1-2H2,(H,11,12)(H,13,14). The van der Waals surface area contributed by atoms with Gasteiger partial charge in [-0.3, -0.25) is 19.2 Å². The third kappa shape index (κ3) is 4.94. The highest BCUT2D eigenvalue weighted by Crippen LogP contribution is 2.12. The summed E-state index contributed by atoms with van der Waals surface area (Å²) < 4.78 is 8.55. The van der Waals surface area contributed by atoms with Gasteiger partial charge >= 0.3 is 11.9 Å². The van der Waals surface area contributed by atoms with Gasteiger partial charge in [0.05, 0.1) is 6.42 Å². The zero-order chi connectivity index (χ0) is 12.6. The van der Waals surface area contributed by atoms with Crippen molar-refractivity contribution in [2.24, 2.45) is 5.92 Å². The van der Waals surface area contributed by atoms with Gasteiger partial charge in [-0.05, 0) is 0 Å². The van der Waals surface area contributed by atoms with Crippen molar-refractivity contribution in [2.45, 2.75) is 12.5 Å². The Morgan fingerprint density at radius 2 is 1.81 bits per heavy atom. The first-order valence-corrected chi connectivity index (χ1v) is 4.11. The fourth-order valence-electron chi connectivity index (χ4n) is 1.01. The summed E-state index contributed by atoms with van der Waals surface area (Å²) in [5.41, 5.74) is 0. The average Bonchev–Trinajstić information content (AvgIpc) is 2.17. The second-order valence-electron chi connectivity index (χ2n) is 2.74. The van der Waals surface area contributed by atoms with Gasteiger partial charge in [-0.15, -0.1) is 0 Å². The van der Waals surface area contributed by atoms with Gasteiger partial charge in [0.15, 0.2) is 0 Å². The summed E-state index contributed by atoms with van der Waals surface area (Å²) in [5.74, 6) is -4.16. The van der Waals surface area contributed by atoms with E-state index < -0.39 is 37.0 Å². The van der Waals surface area contributed by atoms with Crippen LogP contribution in [0.4, 0.5) is 0 Å². The molecule has 0 spiro atoms. The Morgan fingerprint density at radius 1 is 1.19 bits per heavy atom. The first-order chi connectivity index (χ1) is 7.52. The van der Waals surface area contributed by atoms with E-state index in [0.717, 1.165) is 0 Å². The third-order valence-corrected chi connectivity index (χ3v) is 1.72. The summed E-state index contributed by atoms with van der Waals surface area (Å²) in [5, 5.41) is 17.2. The highest BCUT2D eigenvalue weighted by Gasteiger charge is 2.32. The zero-order valence-electron chi connectivity index (χ0n) is 8.07. The lowest BCUT2D eigenvalue weighted by Crippen LogP contribution is -2.35. The van der Waals surface area contributed by atoms with Gasteiger partial charge in [0.2, 0.25) is 0 Å². The smallest absolute Gasteiger partial charge is 0.313 e. The van der Waals surface area contributed by atoms with Crippen molar-refractivity contribution in [3.8, 4) is 0 Å². The molecule has 0 rings (SSSR count). The summed E-state index contributed by atoms with van der Waals surface area (Å²) in [7, 11) is 0. The number of carbonyl (C=O) groups is 4. The van der Waals surface area contributed by atoms with E-state index in [1.54, 1.807) is 0 Å². The van der Waals surface area contributed by atoms with Gasteiger partial charge in [0.1, 0.15) is 18.6 Å². The summed E-state index contributed by atoms with van der Waals surface area (Å²) >= 11 is 0. The molecule has 0 aliphatic heterocycles. The Hall–Kier alpha value is -2.12. The van der Waals surface area contributed by atoms with Crippen LogP contribution in [-0.2, 0) is 28.7 Å². The highest BCUT2D eigenvalue weighted by molar-refractivity contribution is 5.74. The quantitative estimate of drug-likeness (QED) is 0.480. The maximum atomic E-state index is 10.7. The van der Waals surface area contributed by atoms with Crippen LogP contribution in [0.15, 0.2) is 0 Å². The summed E-state index contributed by atoms with van der Waals surface area (Å²) in [6.45, 7) is -0.593. The van der Waals surface area contributed by atoms with Crippen LogP contribution in [0.25, 0.3) is 0 Å².